The fraction of sp³-hybridized carbons (Fsp3) is 0.667. The molecule has 4 rings (SSSR count). The average molecular weight is 511 g/mol. The van der Waals surface area contributed by atoms with Crippen molar-refractivity contribution in [3.8, 4) is 0 Å². The second-order valence-corrected chi connectivity index (χ2v) is 11.1. The Balaban J connectivity index is 0.000000343. The van der Waals surface area contributed by atoms with Crippen LogP contribution in [0, 0.1) is 6.92 Å². The summed E-state index contributed by atoms with van der Waals surface area (Å²) in [6.45, 7) is 12.1. The molecule has 2 aliphatic heterocycles. The van der Waals surface area contributed by atoms with Crippen molar-refractivity contribution in [2.75, 3.05) is 52.4 Å². The molecule has 0 radical (unpaired) electrons. The second-order valence-electron chi connectivity index (χ2n) is 8.72. The number of likely N-dealkylation sites (tertiary alicyclic amines) is 2. The SMILES string of the molecule is CCc1cnc(C(=O)NCCN2CCCCC2)s1.Cc1cnc(C(=O)NCCN2CCCC2)s1.[HH].[HH]. The molecule has 0 unspecified atom stereocenters. The number of aryl methyl sites for hydroxylation is 2. The maximum atomic E-state index is 11.8. The minimum Gasteiger partial charge on any atom is -0.349 e. The molecule has 0 saturated carbocycles. The van der Waals surface area contributed by atoms with E-state index in [2.05, 4.69) is 37.3 Å². The number of nitrogens with zero attached hydrogens (tertiary/aromatic N) is 4. The van der Waals surface area contributed by atoms with Gasteiger partial charge in [-0.2, -0.15) is 0 Å². The van der Waals surface area contributed by atoms with Gasteiger partial charge in [0.2, 0.25) is 0 Å². The van der Waals surface area contributed by atoms with E-state index in [4.69, 9.17) is 0 Å². The van der Waals surface area contributed by atoms with Gasteiger partial charge in [-0.25, -0.2) is 9.97 Å². The molecule has 192 valence electrons. The largest absolute Gasteiger partial charge is 0.349 e. The lowest BCUT2D eigenvalue weighted by Gasteiger charge is -2.26. The van der Waals surface area contributed by atoms with Crippen LogP contribution in [0.25, 0.3) is 0 Å². The first-order valence-corrected chi connectivity index (χ1v) is 14.1. The fourth-order valence-corrected chi connectivity index (χ4v) is 5.48. The Bertz CT molecular complexity index is 899. The molecule has 4 heterocycles. The second kappa shape index (κ2) is 14.5. The van der Waals surface area contributed by atoms with Gasteiger partial charge < -0.3 is 20.4 Å². The van der Waals surface area contributed by atoms with E-state index in [-0.39, 0.29) is 14.7 Å². The zero-order valence-corrected chi connectivity index (χ0v) is 22.1. The molecule has 2 aliphatic rings. The molecule has 2 N–H and O–H groups in total. The van der Waals surface area contributed by atoms with Gasteiger partial charge in [0.1, 0.15) is 0 Å². The van der Waals surface area contributed by atoms with E-state index in [0.717, 1.165) is 42.4 Å². The van der Waals surface area contributed by atoms with E-state index in [9.17, 15) is 9.59 Å². The first-order chi connectivity index (χ1) is 16.5. The maximum absolute atomic E-state index is 11.8. The third kappa shape index (κ3) is 9.05. The van der Waals surface area contributed by atoms with Gasteiger partial charge in [-0.3, -0.25) is 9.59 Å². The lowest BCUT2D eigenvalue weighted by molar-refractivity contribution is 0.0939. The highest BCUT2D eigenvalue weighted by atomic mass is 32.1. The van der Waals surface area contributed by atoms with Gasteiger partial charge in [-0.05, 0) is 65.2 Å². The predicted molar refractivity (Wildman–Crippen MR) is 143 cm³/mol. The Morgan fingerprint density at radius 2 is 1.35 bits per heavy atom. The first kappa shape index (κ1) is 26.7. The monoisotopic (exact) mass is 510 g/mol. The zero-order chi connectivity index (χ0) is 24.2. The number of nitrogens with one attached hydrogen (secondary N) is 2. The molecule has 0 aromatic carbocycles. The van der Waals surface area contributed by atoms with Gasteiger partial charge >= 0.3 is 0 Å². The smallest absolute Gasteiger partial charge is 0.280 e. The van der Waals surface area contributed by atoms with Crippen molar-refractivity contribution in [3.05, 3.63) is 32.2 Å². The summed E-state index contributed by atoms with van der Waals surface area (Å²) in [5.74, 6) is -0.0750. The number of amides is 2. The number of hydrogen-bond acceptors (Lipinski definition) is 8. The van der Waals surface area contributed by atoms with Crippen LogP contribution in [0.4, 0.5) is 0 Å². The third-order valence-electron chi connectivity index (χ3n) is 5.99. The zero-order valence-electron chi connectivity index (χ0n) is 20.5. The summed E-state index contributed by atoms with van der Waals surface area (Å²) < 4.78 is 0. The number of rotatable bonds is 9. The molecule has 2 saturated heterocycles. The van der Waals surface area contributed by atoms with Crippen molar-refractivity contribution >= 4 is 34.5 Å². The van der Waals surface area contributed by atoms with Crippen LogP contribution in [0.1, 0.15) is 71.2 Å². The number of piperidine rings is 1. The maximum Gasteiger partial charge on any atom is 0.280 e. The summed E-state index contributed by atoms with van der Waals surface area (Å²) in [6, 6.07) is 0. The summed E-state index contributed by atoms with van der Waals surface area (Å²) in [5.41, 5.74) is 0. The number of carbonyl (C=O) groups excluding carboxylic acids is 2. The van der Waals surface area contributed by atoms with E-state index in [1.54, 1.807) is 12.4 Å². The molecule has 10 heteroatoms. The van der Waals surface area contributed by atoms with Crippen LogP contribution >= 0.6 is 22.7 Å². The summed E-state index contributed by atoms with van der Waals surface area (Å²) in [6.07, 6.45) is 11.0. The van der Waals surface area contributed by atoms with Crippen LogP contribution in [-0.2, 0) is 6.42 Å². The van der Waals surface area contributed by atoms with E-state index in [1.165, 1.54) is 81.0 Å². The van der Waals surface area contributed by atoms with E-state index >= 15 is 0 Å². The lowest BCUT2D eigenvalue weighted by atomic mass is 10.1. The summed E-state index contributed by atoms with van der Waals surface area (Å²) in [4.78, 5) is 38.7. The molecule has 2 aromatic rings. The number of hydrogen-bond donors (Lipinski definition) is 2. The number of carbonyl (C=O) groups is 2. The highest BCUT2D eigenvalue weighted by Gasteiger charge is 2.14. The van der Waals surface area contributed by atoms with Crippen LogP contribution in [0.5, 0.6) is 0 Å². The molecule has 2 amide bonds. The minimum atomic E-state index is -0.0442. The lowest BCUT2D eigenvalue weighted by Crippen LogP contribution is -2.37. The Morgan fingerprint density at radius 1 is 0.853 bits per heavy atom. The van der Waals surface area contributed by atoms with Gasteiger partial charge in [0.15, 0.2) is 10.0 Å². The standard InChI is InChI=1S/C13H21N3OS.C11H17N3OS.2H2/c1-2-11-10-15-13(18-11)12(17)14-6-9-16-7-4-3-5-8-16;1-9-8-13-11(16-9)10(15)12-4-7-14-5-2-3-6-14;;/h10H,2-9H2,1H3,(H,14,17);8H,2-7H2,1H3,(H,12,15);2*1H. The third-order valence-corrected chi connectivity index (χ3v) is 8.04. The fourth-order valence-electron chi connectivity index (χ4n) is 4.03. The Kier molecular flexibility index (Phi) is 11.4. The first-order valence-electron chi connectivity index (χ1n) is 12.4. The molecule has 34 heavy (non-hydrogen) atoms. The Hall–Kier alpha value is -1.88. The van der Waals surface area contributed by atoms with Crippen molar-refractivity contribution in [3.63, 3.8) is 0 Å². The van der Waals surface area contributed by atoms with Gasteiger partial charge in [0.05, 0.1) is 0 Å². The highest BCUT2D eigenvalue weighted by molar-refractivity contribution is 7.13. The number of thiazole rings is 2. The normalized spacial score (nSPS) is 16.6. The predicted octanol–water partition coefficient (Wildman–Crippen LogP) is 3.69. The van der Waals surface area contributed by atoms with E-state index in [0.29, 0.717) is 10.0 Å². The number of aromatic nitrogens is 2. The van der Waals surface area contributed by atoms with Crippen LogP contribution in [0.15, 0.2) is 12.4 Å². The van der Waals surface area contributed by atoms with Crippen molar-refractivity contribution < 1.29 is 12.4 Å². The summed E-state index contributed by atoms with van der Waals surface area (Å²) >= 11 is 2.93. The molecular formula is C24H42N6O2S2. The van der Waals surface area contributed by atoms with Gasteiger partial charge in [0, 0.05) is 51.2 Å². The molecule has 8 nitrogen and oxygen atoms in total. The molecule has 0 atom stereocenters. The topological polar surface area (TPSA) is 90.5 Å². The van der Waals surface area contributed by atoms with Crippen molar-refractivity contribution in [1.29, 1.82) is 0 Å². The van der Waals surface area contributed by atoms with Crippen LogP contribution in [-0.4, -0.2) is 83.9 Å². The highest BCUT2D eigenvalue weighted by Crippen LogP contribution is 2.13. The molecule has 0 bridgehead atoms. The van der Waals surface area contributed by atoms with E-state index in [1.807, 2.05) is 6.92 Å². The summed E-state index contributed by atoms with van der Waals surface area (Å²) in [5, 5.41) is 7.01. The molecule has 0 aliphatic carbocycles. The van der Waals surface area contributed by atoms with Crippen molar-refractivity contribution in [2.45, 2.75) is 52.4 Å². The van der Waals surface area contributed by atoms with Crippen LogP contribution in [0.2, 0.25) is 0 Å². The van der Waals surface area contributed by atoms with E-state index < -0.39 is 0 Å². The van der Waals surface area contributed by atoms with Gasteiger partial charge in [0.25, 0.3) is 11.8 Å². The quantitative estimate of drug-likeness (QED) is 0.535. The van der Waals surface area contributed by atoms with Crippen molar-refractivity contribution in [1.82, 2.24) is 30.4 Å². The summed E-state index contributed by atoms with van der Waals surface area (Å²) in [7, 11) is 0. The molecule has 2 fully saturated rings. The Labute approximate surface area is 214 Å². The van der Waals surface area contributed by atoms with Crippen LogP contribution in [0.3, 0.4) is 0 Å². The molecular weight excluding hydrogens is 468 g/mol. The van der Waals surface area contributed by atoms with Crippen LogP contribution < -0.4 is 10.6 Å². The molecule has 2 aromatic heterocycles. The average Bonchev–Trinajstić information content (AvgIpc) is 3.62. The van der Waals surface area contributed by atoms with Gasteiger partial charge in [-0.1, -0.05) is 13.3 Å². The Morgan fingerprint density at radius 3 is 1.82 bits per heavy atom. The van der Waals surface area contributed by atoms with Gasteiger partial charge in [-0.15, -0.1) is 22.7 Å². The van der Waals surface area contributed by atoms with Crippen molar-refractivity contribution in [2.24, 2.45) is 0 Å². The minimum absolute atomic E-state index is 0. The molecule has 0 spiro atoms.